The highest BCUT2D eigenvalue weighted by Crippen LogP contribution is 2.33. The maximum atomic E-state index is 12.9. The number of nitrogens with one attached hydrogen (secondary N) is 1. The van der Waals surface area contributed by atoms with Crippen molar-refractivity contribution in [1.82, 2.24) is 5.32 Å². The lowest BCUT2D eigenvalue weighted by atomic mass is 10.1. The van der Waals surface area contributed by atoms with Gasteiger partial charge in [-0.2, -0.15) is 0 Å². The first-order valence-electron chi connectivity index (χ1n) is 9.27. The van der Waals surface area contributed by atoms with E-state index in [1.165, 1.54) is 30.3 Å². The number of halogens is 1. The summed E-state index contributed by atoms with van der Waals surface area (Å²) in [7, 11) is 0. The van der Waals surface area contributed by atoms with Gasteiger partial charge >= 0.3 is 6.03 Å². The number of non-ortho nitro benzene ring substituents is 1. The van der Waals surface area contributed by atoms with E-state index >= 15 is 0 Å². The van der Waals surface area contributed by atoms with Gasteiger partial charge in [0.05, 0.1) is 15.6 Å². The van der Waals surface area contributed by atoms with Crippen LogP contribution in [0.15, 0.2) is 64.6 Å². The molecule has 1 saturated heterocycles. The molecule has 0 bridgehead atoms. The SMILES string of the molecule is Cc1cccc(N2C(=O)NC(=O)/C(=C/c3ccc(-c4ccc([N+](=O)[O-])cc4Cl)o3)C2=O)c1. The van der Waals surface area contributed by atoms with Gasteiger partial charge in [0.15, 0.2) is 0 Å². The van der Waals surface area contributed by atoms with Crippen LogP contribution in [-0.2, 0) is 9.59 Å². The van der Waals surface area contributed by atoms with Crippen LogP contribution in [0, 0.1) is 17.0 Å². The van der Waals surface area contributed by atoms with Crippen LogP contribution >= 0.6 is 11.6 Å². The smallest absolute Gasteiger partial charge is 0.335 e. The topological polar surface area (TPSA) is 123 Å². The molecule has 4 rings (SSSR count). The van der Waals surface area contributed by atoms with Crippen molar-refractivity contribution in [3.05, 3.63) is 86.6 Å². The number of nitro benzene ring substituents is 1. The van der Waals surface area contributed by atoms with Crippen LogP contribution in [0.1, 0.15) is 11.3 Å². The molecule has 2 aromatic carbocycles. The molecule has 1 N–H and O–H groups in total. The summed E-state index contributed by atoms with van der Waals surface area (Å²) in [5.41, 5.74) is 1.10. The summed E-state index contributed by atoms with van der Waals surface area (Å²) in [4.78, 5) is 48.7. The summed E-state index contributed by atoms with van der Waals surface area (Å²) in [6.07, 6.45) is 1.22. The van der Waals surface area contributed by atoms with E-state index in [4.69, 9.17) is 16.0 Å². The fourth-order valence-corrected chi connectivity index (χ4v) is 3.46. The van der Waals surface area contributed by atoms with E-state index in [9.17, 15) is 24.5 Å². The standard InChI is InChI=1S/C22H14ClN3O6/c1-12-3-2-4-13(9-12)25-21(28)17(20(27)24-22(25)29)11-15-6-8-19(32-15)16-7-5-14(26(30)31)10-18(16)23/h2-11H,1H3,(H,24,27,29)/b17-11-. The van der Waals surface area contributed by atoms with Gasteiger partial charge in [-0.1, -0.05) is 23.7 Å². The number of furan rings is 1. The van der Waals surface area contributed by atoms with Crippen LogP contribution in [0.25, 0.3) is 17.4 Å². The zero-order chi connectivity index (χ0) is 23.0. The summed E-state index contributed by atoms with van der Waals surface area (Å²) in [6, 6.07) is 12.9. The maximum absolute atomic E-state index is 12.9. The Bertz CT molecular complexity index is 1330. The second-order valence-electron chi connectivity index (χ2n) is 6.92. The van der Waals surface area contributed by atoms with Crippen molar-refractivity contribution in [1.29, 1.82) is 0 Å². The van der Waals surface area contributed by atoms with Gasteiger partial charge < -0.3 is 4.42 Å². The van der Waals surface area contributed by atoms with Gasteiger partial charge in [-0.05, 0) is 48.9 Å². The normalized spacial score (nSPS) is 15.2. The summed E-state index contributed by atoms with van der Waals surface area (Å²) >= 11 is 6.13. The molecular formula is C22H14ClN3O6. The molecule has 0 spiro atoms. The number of barbiturate groups is 1. The van der Waals surface area contributed by atoms with E-state index in [1.807, 2.05) is 13.0 Å². The Hall–Kier alpha value is -4.24. The Labute approximate surface area is 186 Å². The predicted molar refractivity (Wildman–Crippen MR) is 116 cm³/mol. The van der Waals surface area contributed by atoms with Crippen molar-refractivity contribution in [2.45, 2.75) is 6.92 Å². The molecule has 4 amide bonds. The Morgan fingerprint density at radius 2 is 1.88 bits per heavy atom. The number of hydrogen-bond acceptors (Lipinski definition) is 6. The molecule has 0 aliphatic carbocycles. The molecule has 9 nitrogen and oxygen atoms in total. The van der Waals surface area contributed by atoms with Gasteiger partial charge in [0, 0.05) is 17.7 Å². The highest BCUT2D eigenvalue weighted by atomic mass is 35.5. The lowest BCUT2D eigenvalue weighted by Crippen LogP contribution is -2.54. The van der Waals surface area contributed by atoms with Crippen molar-refractivity contribution in [3.63, 3.8) is 0 Å². The second kappa shape index (κ2) is 8.12. The Morgan fingerprint density at radius 1 is 1.09 bits per heavy atom. The van der Waals surface area contributed by atoms with Gasteiger partial charge in [0.2, 0.25) is 0 Å². The van der Waals surface area contributed by atoms with E-state index in [1.54, 1.807) is 24.3 Å². The van der Waals surface area contributed by atoms with Crippen molar-refractivity contribution in [2.24, 2.45) is 0 Å². The van der Waals surface area contributed by atoms with Gasteiger partial charge in [-0.15, -0.1) is 0 Å². The number of hydrogen-bond donors (Lipinski definition) is 1. The van der Waals surface area contributed by atoms with Crippen LogP contribution in [0.5, 0.6) is 0 Å². The van der Waals surface area contributed by atoms with Crippen LogP contribution in [0.2, 0.25) is 5.02 Å². The number of imide groups is 2. The van der Waals surface area contributed by atoms with E-state index in [0.717, 1.165) is 10.5 Å². The number of benzene rings is 2. The number of aryl methyl sites for hydroxylation is 1. The molecule has 1 aliphatic heterocycles. The van der Waals surface area contributed by atoms with Crippen molar-refractivity contribution < 1.29 is 23.7 Å². The van der Waals surface area contributed by atoms with Crippen LogP contribution < -0.4 is 10.2 Å². The molecule has 10 heteroatoms. The molecule has 1 aliphatic rings. The number of anilines is 1. The third-order valence-corrected chi connectivity index (χ3v) is 5.02. The van der Waals surface area contributed by atoms with E-state index in [0.29, 0.717) is 11.3 Å². The molecule has 32 heavy (non-hydrogen) atoms. The number of rotatable bonds is 4. The summed E-state index contributed by atoms with van der Waals surface area (Å²) in [5.74, 6) is -1.20. The predicted octanol–water partition coefficient (Wildman–Crippen LogP) is 4.48. The zero-order valence-electron chi connectivity index (χ0n) is 16.5. The minimum Gasteiger partial charge on any atom is -0.457 e. The lowest BCUT2D eigenvalue weighted by Gasteiger charge is -2.26. The monoisotopic (exact) mass is 451 g/mol. The fourth-order valence-electron chi connectivity index (χ4n) is 3.19. The minimum atomic E-state index is -0.852. The van der Waals surface area contributed by atoms with E-state index in [-0.39, 0.29) is 27.8 Å². The molecule has 2 heterocycles. The first-order chi connectivity index (χ1) is 15.2. The first-order valence-corrected chi connectivity index (χ1v) is 9.64. The van der Waals surface area contributed by atoms with Crippen molar-refractivity contribution >= 4 is 46.9 Å². The number of carbonyl (C=O) groups excluding carboxylic acids is 3. The molecule has 1 aromatic heterocycles. The average molecular weight is 452 g/mol. The molecule has 0 radical (unpaired) electrons. The zero-order valence-corrected chi connectivity index (χ0v) is 17.3. The van der Waals surface area contributed by atoms with Crippen LogP contribution in [0.3, 0.4) is 0 Å². The van der Waals surface area contributed by atoms with Crippen molar-refractivity contribution in [2.75, 3.05) is 4.90 Å². The second-order valence-corrected chi connectivity index (χ2v) is 7.33. The number of carbonyl (C=O) groups is 3. The largest absolute Gasteiger partial charge is 0.457 e. The summed E-state index contributed by atoms with van der Waals surface area (Å²) in [6.45, 7) is 1.81. The maximum Gasteiger partial charge on any atom is 0.335 e. The Balaban J connectivity index is 1.67. The number of nitrogens with zero attached hydrogens (tertiary/aromatic N) is 2. The Morgan fingerprint density at radius 3 is 2.56 bits per heavy atom. The fraction of sp³-hybridized carbons (Fsp3) is 0.0455. The number of nitro groups is 1. The lowest BCUT2D eigenvalue weighted by molar-refractivity contribution is -0.384. The van der Waals surface area contributed by atoms with Crippen molar-refractivity contribution in [3.8, 4) is 11.3 Å². The molecular weight excluding hydrogens is 438 g/mol. The van der Waals surface area contributed by atoms with E-state index < -0.39 is 22.8 Å². The van der Waals surface area contributed by atoms with Crippen LogP contribution in [-0.4, -0.2) is 22.8 Å². The molecule has 1 fully saturated rings. The summed E-state index contributed by atoms with van der Waals surface area (Å²) in [5, 5.41) is 13.1. The van der Waals surface area contributed by atoms with Gasteiger partial charge in [0.1, 0.15) is 17.1 Å². The average Bonchev–Trinajstić information content (AvgIpc) is 3.19. The van der Waals surface area contributed by atoms with Gasteiger partial charge in [0.25, 0.3) is 17.5 Å². The molecule has 0 atom stereocenters. The third kappa shape index (κ3) is 3.88. The summed E-state index contributed by atoms with van der Waals surface area (Å²) < 4.78 is 5.67. The van der Waals surface area contributed by atoms with E-state index in [2.05, 4.69) is 5.32 Å². The van der Waals surface area contributed by atoms with Crippen LogP contribution in [0.4, 0.5) is 16.2 Å². The molecule has 3 aromatic rings. The highest BCUT2D eigenvalue weighted by molar-refractivity contribution is 6.39. The molecule has 0 saturated carbocycles. The minimum absolute atomic E-state index is 0.107. The number of amides is 4. The highest BCUT2D eigenvalue weighted by Gasteiger charge is 2.37. The third-order valence-electron chi connectivity index (χ3n) is 4.70. The molecule has 0 unspecified atom stereocenters. The molecule has 160 valence electrons. The quantitative estimate of drug-likeness (QED) is 0.270. The number of urea groups is 1. The van der Waals surface area contributed by atoms with Gasteiger partial charge in [-0.25, -0.2) is 9.69 Å². The Kier molecular flexibility index (Phi) is 5.33. The first kappa shape index (κ1) is 21.0. The van der Waals surface area contributed by atoms with Gasteiger partial charge in [-0.3, -0.25) is 25.0 Å².